The molecule has 0 saturated heterocycles. The summed E-state index contributed by atoms with van der Waals surface area (Å²) in [5.74, 6) is 0. The van der Waals surface area contributed by atoms with Crippen LogP contribution in [0.5, 0.6) is 0 Å². The van der Waals surface area contributed by atoms with Crippen LogP contribution in [0.15, 0.2) is 4.90 Å². The molecule has 3 N–H and O–H groups in total. The van der Waals surface area contributed by atoms with Gasteiger partial charge in [-0.15, -0.1) is 0 Å². The van der Waals surface area contributed by atoms with Gasteiger partial charge in [-0.05, 0) is 26.7 Å². The number of nitrogens with zero attached hydrogens (tertiary/aromatic N) is 1. The Balaban J connectivity index is 2.10. The molecule has 1 aromatic heterocycles. The normalized spacial score (nSPS) is 17.4. The van der Waals surface area contributed by atoms with Gasteiger partial charge in [0.15, 0.2) is 0 Å². The number of hydrogen-bond acceptors (Lipinski definition) is 5. The van der Waals surface area contributed by atoms with Crippen LogP contribution in [0.4, 0.5) is 0 Å². The Kier molecular flexibility index (Phi) is 4.79. The first-order chi connectivity index (χ1) is 9.44. The van der Waals surface area contributed by atoms with Crippen LogP contribution >= 0.6 is 0 Å². The highest BCUT2D eigenvalue weighted by Gasteiger charge is 2.26. The highest BCUT2D eigenvalue weighted by atomic mass is 32.2. The molecule has 1 unspecified atom stereocenters. The van der Waals surface area contributed by atoms with Crippen molar-refractivity contribution in [2.45, 2.75) is 50.3 Å². The third-order valence-electron chi connectivity index (χ3n) is 3.33. The highest BCUT2D eigenvalue weighted by molar-refractivity contribution is 7.89. The average Bonchev–Trinajstić information content (AvgIpc) is 3.16. The molecule has 1 saturated carbocycles. The van der Waals surface area contributed by atoms with Crippen molar-refractivity contribution in [2.24, 2.45) is 0 Å². The number of aromatic nitrogens is 2. The molecule has 1 fully saturated rings. The van der Waals surface area contributed by atoms with Crippen molar-refractivity contribution in [1.82, 2.24) is 20.2 Å². The van der Waals surface area contributed by atoms with Crippen LogP contribution in [0.3, 0.4) is 0 Å². The number of nitrogens with one attached hydrogen (secondary N) is 3. The van der Waals surface area contributed by atoms with Gasteiger partial charge < -0.3 is 10.1 Å². The highest BCUT2D eigenvalue weighted by Crippen LogP contribution is 2.22. The molecule has 1 aliphatic rings. The third-order valence-corrected chi connectivity index (χ3v) is 4.95. The fourth-order valence-corrected chi connectivity index (χ4v) is 3.33. The van der Waals surface area contributed by atoms with Crippen molar-refractivity contribution in [1.29, 1.82) is 0 Å². The van der Waals surface area contributed by atoms with Gasteiger partial charge in [0.1, 0.15) is 4.90 Å². The van der Waals surface area contributed by atoms with Gasteiger partial charge in [-0.25, -0.2) is 13.1 Å². The van der Waals surface area contributed by atoms with Gasteiger partial charge in [0.2, 0.25) is 10.0 Å². The lowest BCUT2D eigenvalue weighted by Crippen LogP contribution is -2.32. The Hall–Kier alpha value is -0.960. The summed E-state index contributed by atoms with van der Waals surface area (Å²) in [5.41, 5.74) is 1.09. The topological polar surface area (TPSA) is 96.1 Å². The van der Waals surface area contributed by atoms with Crippen molar-refractivity contribution in [3.63, 3.8) is 0 Å². The Morgan fingerprint density at radius 2 is 2.20 bits per heavy atom. The monoisotopic (exact) mass is 302 g/mol. The lowest BCUT2D eigenvalue weighted by molar-refractivity contribution is 0.122. The van der Waals surface area contributed by atoms with Crippen LogP contribution in [0, 0.1) is 6.92 Å². The summed E-state index contributed by atoms with van der Waals surface area (Å²) in [6.07, 6.45) is 2.12. The summed E-state index contributed by atoms with van der Waals surface area (Å²) in [4.78, 5) is 0.244. The number of ether oxygens (including phenoxy) is 1. The van der Waals surface area contributed by atoms with Crippen LogP contribution < -0.4 is 10.0 Å². The van der Waals surface area contributed by atoms with Crippen LogP contribution in [0.25, 0.3) is 0 Å². The Morgan fingerprint density at radius 3 is 2.80 bits per heavy atom. The maximum Gasteiger partial charge on any atom is 0.244 e. The van der Waals surface area contributed by atoms with Gasteiger partial charge in [0.25, 0.3) is 0 Å². The fourth-order valence-electron chi connectivity index (χ4n) is 1.86. The molecule has 8 heteroatoms. The SMILES string of the molecule is COC(C)CNS(=O)(=O)c1c(CNC2CC2)n[nH]c1C. The van der Waals surface area contributed by atoms with E-state index in [-0.39, 0.29) is 17.5 Å². The molecular weight excluding hydrogens is 280 g/mol. The van der Waals surface area contributed by atoms with Crippen molar-refractivity contribution >= 4 is 10.0 Å². The number of H-pyrrole nitrogens is 1. The molecule has 0 aromatic carbocycles. The maximum absolute atomic E-state index is 12.4. The van der Waals surface area contributed by atoms with Gasteiger partial charge in [-0.3, -0.25) is 5.10 Å². The standard InChI is InChI=1S/C12H22N4O3S/c1-8(19-3)6-14-20(17,18)12-9(2)15-16-11(12)7-13-10-4-5-10/h8,10,13-14H,4-7H2,1-3H3,(H,15,16). The zero-order valence-corrected chi connectivity index (χ0v) is 12.9. The molecule has 1 aliphatic carbocycles. The zero-order chi connectivity index (χ0) is 14.8. The molecule has 0 radical (unpaired) electrons. The Morgan fingerprint density at radius 1 is 1.50 bits per heavy atom. The van der Waals surface area contributed by atoms with Crippen LogP contribution in [-0.4, -0.2) is 44.4 Å². The van der Waals surface area contributed by atoms with Gasteiger partial charge in [0, 0.05) is 26.2 Å². The second kappa shape index (κ2) is 6.21. The minimum Gasteiger partial charge on any atom is -0.380 e. The largest absolute Gasteiger partial charge is 0.380 e. The second-order valence-electron chi connectivity index (χ2n) is 5.18. The summed E-state index contributed by atoms with van der Waals surface area (Å²) in [6.45, 7) is 4.21. The summed E-state index contributed by atoms with van der Waals surface area (Å²) in [5, 5.41) is 10.1. The van der Waals surface area contributed by atoms with E-state index in [1.54, 1.807) is 21.0 Å². The van der Waals surface area contributed by atoms with E-state index in [2.05, 4.69) is 20.2 Å². The lowest BCUT2D eigenvalue weighted by Gasteiger charge is -2.12. The fraction of sp³-hybridized carbons (Fsp3) is 0.750. The van der Waals surface area contributed by atoms with Gasteiger partial charge in [0.05, 0.1) is 17.5 Å². The van der Waals surface area contributed by atoms with Crippen molar-refractivity contribution < 1.29 is 13.2 Å². The first-order valence-corrected chi connectivity index (χ1v) is 8.22. The van der Waals surface area contributed by atoms with Crippen LogP contribution in [0.1, 0.15) is 31.2 Å². The lowest BCUT2D eigenvalue weighted by atomic mass is 10.3. The number of hydrogen-bond donors (Lipinski definition) is 3. The van der Waals surface area contributed by atoms with Crippen molar-refractivity contribution in [2.75, 3.05) is 13.7 Å². The van der Waals surface area contributed by atoms with Crippen molar-refractivity contribution in [3.8, 4) is 0 Å². The van der Waals surface area contributed by atoms with E-state index in [4.69, 9.17) is 4.74 Å². The predicted octanol–water partition coefficient (Wildman–Crippen LogP) is 0.283. The van der Waals surface area contributed by atoms with E-state index in [1.807, 2.05) is 0 Å². The number of rotatable bonds is 8. The molecule has 0 aliphatic heterocycles. The second-order valence-corrected chi connectivity index (χ2v) is 6.88. The van der Waals surface area contributed by atoms with E-state index < -0.39 is 10.0 Å². The minimum atomic E-state index is -3.57. The Bertz CT molecular complexity index is 551. The van der Waals surface area contributed by atoms with E-state index in [1.165, 1.54) is 0 Å². The molecule has 0 amide bonds. The molecule has 1 aromatic rings. The third kappa shape index (κ3) is 3.78. The summed E-state index contributed by atoms with van der Waals surface area (Å²) < 4.78 is 32.3. The molecule has 2 rings (SSSR count). The maximum atomic E-state index is 12.4. The Labute approximate surface area is 119 Å². The quantitative estimate of drug-likeness (QED) is 0.641. The number of aryl methyl sites for hydroxylation is 1. The molecular formula is C12H22N4O3S. The smallest absolute Gasteiger partial charge is 0.244 e. The zero-order valence-electron chi connectivity index (χ0n) is 12.1. The van der Waals surface area contributed by atoms with Gasteiger partial charge in [-0.2, -0.15) is 5.10 Å². The number of sulfonamides is 1. The van der Waals surface area contributed by atoms with Crippen LogP contribution in [0.2, 0.25) is 0 Å². The molecule has 20 heavy (non-hydrogen) atoms. The molecule has 1 atom stereocenters. The molecule has 0 bridgehead atoms. The first kappa shape index (κ1) is 15.4. The number of aromatic amines is 1. The average molecular weight is 302 g/mol. The molecule has 114 valence electrons. The molecule has 0 spiro atoms. The van der Waals surface area contributed by atoms with Gasteiger partial charge in [-0.1, -0.05) is 0 Å². The molecule has 1 heterocycles. The summed E-state index contributed by atoms with van der Waals surface area (Å²) >= 11 is 0. The van der Waals surface area contributed by atoms with Gasteiger partial charge >= 0.3 is 0 Å². The number of methoxy groups -OCH3 is 1. The van der Waals surface area contributed by atoms with Crippen molar-refractivity contribution in [3.05, 3.63) is 11.4 Å². The van der Waals surface area contributed by atoms with Crippen LogP contribution in [-0.2, 0) is 21.3 Å². The summed E-state index contributed by atoms with van der Waals surface area (Å²) in [6, 6.07) is 0.504. The van der Waals surface area contributed by atoms with E-state index in [0.29, 0.717) is 24.0 Å². The predicted molar refractivity (Wildman–Crippen MR) is 74.8 cm³/mol. The summed E-state index contributed by atoms with van der Waals surface area (Å²) in [7, 11) is -2.03. The van der Waals surface area contributed by atoms with E-state index >= 15 is 0 Å². The molecule has 7 nitrogen and oxygen atoms in total. The van der Waals surface area contributed by atoms with E-state index in [9.17, 15) is 8.42 Å². The van der Waals surface area contributed by atoms with E-state index in [0.717, 1.165) is 12.8 Å². The minimum absolute atomic E-state index is 0.176. The first-order valence-electron chi connectivity index (χ1n) is 6.73.